The largest absolute Gasteiger partial charge is 0.497 e. The number of halogens is 4. The maximum absolute atomic E-state index is 10.9. The monoisotopic (exact) mass is 604 g/mol. The minimum absolute atomic E-state index is 0.00220. The molecule has 0 aliphatic carbocycles. The fourth-order valence-corrected chi connectivity index (χ4v) is 2.83. The Morgan fingerprint density at radius 2 is 1.30 bits per heavy atom. The molecule has 0 fully saturated rings. The number of Topliss-reactive ketones (excluding diaryl/α,β-unsaturated/α-hetero) is 1. The number of methoxy groups -OCH3 is 2. The van der Waals surface area contributed by atoms with E-state index in [1.165, 1.54) is 0 Å². The zero-order valence-corrected chi connectivity index (χ0v) is 21.8. The smallest absolute Gasteiger partial charge is 0.307 e. The fourth-order valence-electron chi connectivity index (χ4n) is 2.06. The summed E-state index contributed by atoms with van der Waals surface area (Å²) < 4.78 is 20.9. The predicted molar refractivity (Wildman–Crippen MR) is 127 cm³/mol. The third-order valence-corrected chi connectivity index (χ3v) is 4.83. The summed E-state index contributed by atoms with van der Waals surface area (Å²) in [7, 11) is 10.5. The van der Waals surface area contributed by atoms with Gasteiger partial charge < -0.3 is 14.6 Å². The molecule has 1 N–H and O–H groups in total. The van der Waals surface area contributed by atoms with Gasteiger partial charge in [0.1, 0.15) is 17.3 Å². The number of ketones is 1. The van der Waals surface area contributed by atoms with Crippen LogP contribution < -0.4 is 9.47 Å². The molecule has 2 aromatic carbocycles. The molecule has 0 saturated heterocycles. The van der Waals surface area contributed by atoms with Crippen LogP contribution in [0.15, 0.2) is 45.3 Å². The van der Waals surface area contributed by atoms with Crippen LogP contribution in [0.4, 0.5) is 0 Å². The first-order valence-electron chi connectivity index (χ1n) is 8.10. The molecule has 0 aromatic heterocycles. The second kappa shape index (κ2) is 15.6. The molecule has 0 saturated carbocycles. The molecule has 0 aliphatic rings. The van der Waals surface area contributed by atoms with Gasteiger partial charge in [0.25, 0.3) is 0 Å². The molecule has 0 radical (unpaired) electrons. The summed E-state index contributed by atoms with van der Waals surface area (Å²) in [5.41, 5.74) is 1.68. The lowest BCUT2D eigenvalue weighted by atomic mass is 10.1. The summed E-state index contributed by atoms with van der Waals surface area (Å²) in [5.74, 6) is 0.738. The third-order valence-electron chi connectivity index (χ3n) is 3.29. The lowest BCUT2D eigenvalue weighted by molar-refractivity contribution is -0.136. The normalized spacial score (nSPS) is 9.60. The fraction of sp³-hybridized carbons (Fsp3) is 0.263. The van der Waals surface area contributed by atoms with Crippen molar-refractivity contribution in [2.75, 3.05) is 14.2 Å². The van der Waals surface area contributed by atoms with Gasteiger partial charge in [0.15, 0.2) is 0 Å². The van der Waals surface area contributed by atoms with E-state index in [2.05, 4.69) is 53.2 Å². The maximum atomic E-state index is 10.9. The molecule has 0 spiro atoms. The number of carbonyl (C=O) groups excluding carboxylic acids is 1. The molecule has 166 valence electrons. The number of carboxylic acids is 1. The second-order valence-electron chi connectivity index (χ2n) is 5.55. The average molecular weight is 607 g/mol. The Morgan fingerprint density at radius 1 is 0.933 bits per heavy atom. The number of carboxylic acid groups (broad SMARTS) is 1. The number of rotatable bonds is 6. The van der Waals surface area contributed by atoms with E-state index in [4.69, 9.17) is 18.8 Å². The summed E-state index contributed by atoms with van der Waals surface area (Å²) in [6.45, 7) is 1.58. The Kier molecular flexibility index (Phi) is 15.0. The highest BCUT2D eigenvalue weighted by molar-refractivity contribution is 9.10. The van der Waals surface area contributed by atoms with Gasteiger partial charge in [0.05, 0.1) is 20.6 Å². The number of hydrogen-bond donors (Lipinski definition) is 1. The number of hydrogen-bond acceptors (Lipinski definition) is 5. The average Bonchev–Trinajstić information content (AvgIpc) is 2.64. The maximum Gasteiger partial charge on any atom is 0.307 e. The summed E-state index contributed by atoms with van der Waals surface area (Å²) in [4.78, 5) is 21.4. The summed E-state index contributed by atoms with van der Waals surface area (Å²) in [6.07, 6.45) is 0.440. The van der Waals surface area contributed by atoms with E-state index < -0.39 is 15.2 Å². The molecule has 2 aromatic rings. The zero-order chi connectivity index (χ0) is 23.3. The van der Waals surface area contributed by atoms with Crippen LogP contribution in [-0.2, 0) is 31.7 Å². The highest BCUT2D eigenvalue weighted by atomic mass is 79.9. The van der Waals surface area contributed by atoms with E-state index in [0.717, 1.165) is 20.3 Å². The van der Waals surface area contributed by atoms with Crippen LogP contribution in [0.3, 0.4) is 0 Å². The second-order valence-corrected chi connectivity index (χ2v) is 9.78. The van der Waals surface area contributed by atoms with Crippen molar-refractivity contribution in [1.29, 1.82) is 0 Å². The van der Waals surface area contributed by atoms with Crippen LogP contribution in [-0.4, -0.2) is 35.3 Å². The highest BCUT2D eigenvalue weighted by Crippen LogP contribution is 2.23. The SMILES string of the molecule is COc1ccc(Br)c(CC(=O)O)c1.COc1ccc(Br)c(CC(C)=O)c1.O=S(Cl)Cl. The topological polar surface area (TPSA) is 89.9 Å². The van der Waals surface area contributed by atoms with Gasteiger partial charge in [-0.2, -0.15) is 0 Å². The van der Waals surface area contributed by atoms with Gasteiger partial charge in [-0.3, -0.25) is 9.59 Å². The number of ether oxygens (including phenoxy) is 2. The van der Waals surface area contributed by atoms with Crippen LogP contribution in [0.25, 0.3) is 0 Å². The van der Waals surface area contributed by atoms with Crippen LogP contribution in [0.1, 0.15) is 18.1 Å². The zero-order valence-electron chi connectivity index (χ0n) is 16.3. The van der Waals surface area contributed by atoms with Crippen LogP contribution in [0.2, 0.25) is 0 Å². The van der Waals surface area contributed by atoms with Crippen molar-refractivity contribution in [2.24, 2.45) is 0 Å². The van der Waals surface area contributed by atoms with Gasteiger partial charge in [-0.25, -0.2) is 4.21 Å². The molecule has 0 amide bonds. The van der Waals surface area contributed by atoms with E-state index >= 15 is 0 Å². The number of carbonyl (C=O) groups is 2. The van der Waals surface area contributed by atoms with Crippen LogP contribution >= 0.6 is 53.2 Å². The Labute approximate surface area is 203 Å². The molecular weight excluding hydrogens is 587 g/mol. The van der Waals surface area contributed by atoms with E-state index in [1.807, 2.05) is 18.2 Å². The number of aliphatic carboxylic acids is 1. The first kappa shape index (κ1) is 28.9. The molecular formula is C19H20Br2Cl2O6S. The molecule has 11 heteroatoms. The van der Waals surface area contributed by atoms with Crippen molar-refractivity contribution >= 4 is 74.2 Å². The van der Waals surface area contributed by atoms with Gasteiger partial charge in [-0.05, 0) is 54.4 Å². The Bertz CT molecular complexity index is 811. The van der Waals surface area contributed by atoms with Crippen molar-refractivity contribution in [3.8, 4) is 11.5 Å². The van der Waals surface area contributed by atoms with E-state index in [-0.39, 0.29) is 12.2 Å². The minimum atomic E-state index is -1.67. The Hall–Kier alpha value is -1.13. The van der Waals surface area contributed by atoms with Gasteiger partial charge in [-0.15, -0.1) is 0 Å². The Morgan fingerprint density at radius 3 is 1.60 bits per heavy atom. The molecule has 0 heterocycles. The quantitative estimate of drug-likeness (QED) is 0.423. The lowest BCUT2D eigenvalue weighted by Crippen LogP contribution is -2.01. The van der Waals surface area contributed by atoms with Crippen molar-refractivity contribution in [1.82, 2.24) is 0 Å². The summed E-state index contributed by atoms with van der Waals surface area (Å²) in [6, 6.07) is 10.9. The number of benzene rings is 2. The van der Waals surface area contributed by atoms with E-state index in [1.54, 1.807) is 39.3 Å². The van der Waals surface area contributed by atoms with Gasteiger partial charge >= 0.3 is 5.97 Å². The van der Waals surface area contributed by atoms with E-state index in [0.29, 0.717) is 17.7 Å². The summed E-state index contributed by atoms with van der Waals surface area (Å²) >= 11 is 6.65. The molecule has 0 unspecified atom stereocenters. The summed E-state index contributed by atoms with van der Waals surface area (Å²) in [5, 5.41) is 8.59. The Balaban J connectivity index is 0.000000477. The van der Waals surface area contributed by atoms with Crippen LogP contribution in [0, 0.1) is 0 Å². The lowest BCUT2D eigenvalue weighted by Gasteiger charge is -2.04. The van der Waals surface area contributed by atoms with Gasteiger partial charge in [-0.1, -0.05) is 31.9 Å². The van der Waals surface area contributed by atoms with Crippen molar-refractivity contribution < 1.29 is 28.4 Å². The molecule has 6 nitrogen and oxygen atoms in total. The van der Waals surface area contributed by atoms with Gasteiger partial charge in [0.2, 0.25) is 9.23 Å². The van der Waals surface area contributed by atoms with Crippen molar-refractivity contribution in [3.63, 3.8) is 0 Å². The molecule has 30 heavy (non-hydrogen) atoms. The van der Waals surface area contributed by atoms with Crippen molar-refractivity contribution in [2.45, 2.75) is 19.8 Å². The molecule has 0 atom stereocenters. The highest BCUT2D eigenvalue weighted by Gasteiger charge is 2.06. The van der Waals surface area contributed by atoms with Gasteiger partial charge in [0, 0.05) is 36.7 Å². The van der Waals surface area contributed by atoms with Crippen LogP contribution in [0.5, 0.6) is 11.5 Å². The first-order valence-corrected chi connectivity index (χ1v) is 12.5. The minimum Gasteiger partial charge on any atom is -0.497 e. The molecule has 0 bridgehead atoms. The molecule has 2 rings (SSSR count). The van der Waals surface area contributed by atoms with Crippen molar-refractivity contribution in [3.05, 3.63) is 56.5 Å². The molecule has 0 aliphatic heterocycles. The van der Waals surface area contributed by atoms with E-state index in [9.17, 15) is 9.59 Å². The standard InChI is InChI=1S/C10H11BrO2.C9H9BrO3.Cl2OS/c1-7(12)5-8-6-9(13-2)3-4-10(8)11;1-13-7-2-3-8(10)6(4-7)5-9(11)12;1-4(2)3/h3-4,6H,5H2,1-2H3;2-4H,5H2,1H3,(H,11,12);. The first-order chi connectivity index (χ1) is 14.0. The predicted octanol–water partition coefficient (Wildman–Crippen LogP) is 5.72. The third kappa shape index (κ3) is 13.2.